The lowest BCUT2D eigenvalue weighted by Gasteiger charge is -2.38. The van der Waals surface area contributed by atoms with Crippen LogP contribution in [-0.2, 0) is 0 Å². The summed E-state index contributed by atoms with van der Waals surface area (Å²) < 4.78 is 18.6. The molecule has 0 radical (unpaired) electrons. The van der Waals surface area contributed by atoms with Crippen molar-refractivity contribution < 1.29 is 9.13 Å². The van der Waals surface area contributed by atoms with Crippen LogP contribution in [0.2, 0.25) is 0 Å². The van der Waals surface area contributed by atoms with E-state index in [9.17, 15) is 4.39 Å². The minimum absolute atomic E-state index is 0.221. The number of halogens is 1. The molecule has 1 aromatic rings. The zero-order valence-electron chi connectivity index (χ0n) is 10.5. The highest BCUT2D eigenvalue weighted by Crippen LogP contribution is 2.27. The second kappa shape index (κ2) is 5.02. The van der Waals surface area contributed by atoms with Crippen molar-refractivity contribution in [2.45, 2.75) is 19.0 Å². The van der Waals surface area contributed by atoms with Crippen molar-refractivity contribution >= 4 is 0 Å². The summed E-state index contributed by atoms with van der Waals surface area (Å²) in [6.45, 7) is 4.00. The molecule has 1 N–H and O–H groups in total. The minimum Gasteiger partial charge on any atom is -0.494 e. The first-order valence-corrected chi connectivity index (χ1v) is 5.89. The van der Waals surface area contributed by atoms with Gasteiger partial charge in [-0.1, -0.05) is 6.07 Å². The van der Waals surface area contributed by atoms with Crippen molar-refractivity contribution in [3.8, 4) is 5.75 Å². The maximum absolute atomic E-state index is 13.7. The number of piperazine rings is 1. The Morgan fingerprint density at radius 1 is 1.41 bits per heavy atom. The van der Waals surface area contributed by atoms with Crippen molar-refractivity contribution in [3.63, 3.8) is 0 Å². The third-order valence-electron chi connectivity index (χ3n) is 3.52. The van der Waals surface area contributed by atoms with Crippen LogP contribution in [0, 0.1) is 5.82 Å². The summed E-state index contributed by atoms with van der Waals surface area (Å²) in [4.78, 5) is 2.28. The SMILES string of the molecule is COc1ccc(C2CNCC(C)N2C)cc1F. The van der Waals surface area contributed by atoms with Crippen LogP contribution in [0.1, 0.15) is 18.5 Å². The van der Waals surface area contributed by atoms with E-state index in [1.165, 1.54) is 7.11 Å². The largest absolute Gasteiger partial charge is 0.494 e. The predicted octanol–water partition coefficient (Wildman–Crippen LogP) is 1.80. The molecule has 0 aliphatic carbocycles. The summed E-state index contributed by atoms with van der Waals surface area (Å²) >= 11 is 0. The Morgan fingerprint density at radius 2 is 2.18 bits per heavy atom. The van der Waals surface area contributed by atoms with Gasteiger partial charge in [0, 0.05) is 25.2 Å². The molecule has 2 atom stereocenters. The number of rotatable bonds is 2. The number of ether oxygens (including phenoxy) is 1. The monoisotopic (exact) mass is 238 g/mol. The Bertz CT molecular complexity index is 397. The lowest BCUT2D eigenvalue weighted by Crippen LogP contribution is -2.49. The van der Waals surface area contributed by atoms with Crippen LogP contribution in [0.5, 0.6) is 5.75 Å². The highest BCUT2D eigenvalue weighted by Gasteiger charge is 2.26. The summed E-state index contributed by atoms with van der Waals surface area (Å²) in [5.74, 6) is 0.00449. The Kier molecular flexibility index (Phi) is 3.64. The van der Waals surface area contributed by atoms with Crippen LogP contribution in [0.15, 0.2) is 18.2 Å². The second-order valence-electron chi connectivity index (χ2n) is 4.58. The van der Waals surface area contributed by atoms with Crippen molar-refractivity contribution in [1.82, 2.24) is 10.2 Å². The fraction of sp³-hybridized carbons (Fsp3) is 0.538. The number of nitrogens with one attached hydrogen (secondary N) is 1. The van der Waals surface area contributed by atoms with Gasteiger partial charge in [0.15, 0.2) is 11.6 Å². The molecular weight excluding hydrogens is 219 g/mol. The summed E-state index contributed by atoms with van der Waals surface area (Å²) in [6.07, 6.45) is 0. The van der Waals surface area contributed by atoms with Crippen molar-refractivity contribution in [2.75, 3.05) is 27.2 Å². The van der Waals surface area contributed by atoms with Gasteiger partial charge in [-0.15, -0.1) is 0 Å². The number of likely N-dealkylation sites (N-methyl/N-ethyl adjacent to an activating group) is 1. The van der Waals surface area contributed by atoms with Gasteiger partial charge in [-0.2, -0.15) is 0 Å². The fourth-order valence-electron chi connectivity index (χ4n) is 2.27. The molecule has 0 aromatic heterocycles. The molecule has 17 heavy (non-hydrogen) atoms. The maximum atomic E-state index is 13.7. The number of nitrogens with zero attached hydrogens (tertiary/aromatic N) is 1. The van der Waals surface area contributed by atoms with E-state index in [4.69, 9.17) is 4.74 Å². The van der Waals surface area contributed by atoms with Crippen LogP contribution >= 0.6 is 0 Å². The van der Waals surface area contributed by atoms with Crippen molar-refractivity contribution in [1.29, 1.82) is 0 Å². The highest BCUT2D eigenvalue weighted by molar-refractivity contribution is 5.31. The Morgan fingerprint density at radius 3 is 2.82 bits per heavy atom. The molecule has 1 saturated heterocycles. The van der Waals surface area contributed by atoms with E-state index in [1.54, 1.807) is 12.1 Å². The van der Waals surface area contributed by atoms with Gasteiger partial charge in [0.1, 0.15) is 0 Å². The lowest BCUT2D eigenvalue weighted by molar-refractivity contribution is 0.141. The molecule has 0 spiro atoms. The molecule has 0 amide bonds. The van der Waals surface area contributed by atoms with E-state index in [0.29, 0.717) is 11.8 Å². The minimum atomic E-state index is -0.295. The van der Waals surface area contributed by atoms with Gasteiger partial charge >= 0.3 is 0 Å². The standard InChI is InChI=1S/C13H19FN2O/c1-9-7-15-8-12(16(9)2)10-4-5-13(17-3)11(14)6-10/h4-6,9,12,15H,7-8H2,1-3H3. The normalized spacial score (nSPS) is 25.9. The van der Waals surface area contributed by atoms with Gasteiger partial charge in [-0.25, -0.2) is 4.39 Å². The summed E-state index contributed by atoms with van der Waals surface area (Å²) in [7, 11) is 3.56. The molecule has 0 saturated carbocycles. The van der Waals surface area contributed by atoms with Gasteiger partial charge in [0.25, 0.3) is 0 Å². The third-order valence-corrected chi connectivity index (χ3v) is 3.52. The van der Waals surface area contributed by atoms with Gasteiger partial charge < -0.3 is 10.1 Å². The number of benzene rings is 1. The van der Waals surface area contributed by atoms with Crippen LogP contribution in [-0.4, -0.2) is 38.2 Å². The average molecular weight is 238 g/mol. The molecule has 0 bridgehead atoms. The van der Waals surface area contributed by atoms with Crippen molar-refractivity contribution in [3.05, 3.63) is 29.6 Å². The maximum Gasteiger partial charge on any atom is 0.165 e. The van der Waals surface area contributed by atoms with E-state index in [0.717, 1.165) is 18.7 Å². The molecule has 2 unspecified atom stereocenters. The van der Waals surface area contributed by atoms with E-state index < -0.39 is 0 Å². The molecule has 4 heteroatoms. The van der Waals surface area contributed by atoms with E-state index in [2.05, 4.69) is 24.2 Å². The molecule has 1 aromatic carbocycles. The summed E-state index contributed by atoms with van der Waals surface area (Å²) in [5.41, 5.74) is 0.991. The van der Waals surface area contributed by atoms with Crippen LogP contribution in [0.3, 0.4) is 0 Å². The van der Waals surface area contributed by atoms with E-state index in [-0.39, 0.29) is 11.9 Å². The van der Waals surface area contributed by atoms with Crippen LogP contribution < -0.4 is 10.1 Å². The predicted molar refractivity (Wildman–Crippen MR) is 65.8 cm³/mol. The van der Waals surface area contributed by atoms with Gasteiger partial charge in [-0.3, -0.25) is 4.90 Å². The molecule has 2 rings (SSSR count). The Balaban J connectivity index is 2.24. The first kappa shape index (κ1) is 12.3. The third kappa shape index (κ3) is 2.42. The molecule has 94 valence electrons. The van der Waals surface area contributed by atoms with Gasteiger partial charge in [0.05, 0.1) is 7.11 Å². The topological polar surface area (TPSA) is 24.5 Å². The molecule has 1 aliphatic rings. The van der Waals surface area contributed by atoms with Crippen LogP contribution in [0.25, 0.3) is 0 Å². The average Bonchev–Trinajstić information content (AvgIpc) is 2.32. The first-order valence-electron chi connectivity index (χ1n) is 5.89. The molecule has 1 aliphatic heterocycles. The number of hydrogen-bond acceptors (Lipinski definition) is 3. The first-order chi connectivity index (χ1) is 8.13. The summed E-state index contributed by atoms with van der Waals surface area (Å²) in [6, 6.07) is 5.87. The fourth-order valence-corrected chi connectivity index (χ4v) is 2.27. The Hall–Kier alpha value is -1.13. The van der Waals surface area contributed by atoms with E-state index >= 15 is 0 Å². The molecule has 1 heterocycles. The smallest absolute Gasteiger partial charge is 0.165 e. The summed E-state index contributed by atoms with van der Waals surface area (Å²) in [5, 5.41) is 3.37. The van der Waals surface area contributed by atoms with Crippen molar-refractivity contribution in [2.24, 2.45) is 0 Å². The van der Waals surface area contributed by atoms with Crippen LogP contribution in [0.4, 0.5) is 4.39 Å². The zero-order chi connectivity index (χ0) is 12.4. The second-order valence-corrected chi connectivity index (χ2v) is 4.58. The van der Waals surface area contributed by atoms with E-state index in [1.807, 2.05) is 6.07 Å². The Labute approximate surface area is 102 Å². The number of methoxy groups -OCH3 is 1. The highest BCUT2D eigenvalue weighted by atomic mass is 19.1. The molecule has 3 nitrogen and oxygen atoms in total. The zero-order valence-corrected chi connectivity index (χ0v) is 10.5. The lowest BCUT2D eigenvalue weighted by atomic mass is 10.0. The molecular formula is C13H19FN2O. The quantitative estimate of drug-likeness (QED) is 0.850. The van der Waals surface area contributed by atoms with Gasteiger partial charge in [0.2, 0.25) is 0 Å². The molecule has 1 fully saturated rings. The number of hydrogen-bond donors (Lipinski definition) is 1. The van der Waals surface area contributed by atoms with Gasteiger partial charge in [-0.05, 0) is 31.7 Å².